The summed E-state index contributed by atoms with van der Waals surface area (Å²) in [5.41, 5.74) is 1.22. The van der Waals surface area contributed by atoms with Crippen LogP contribution >= 0.6 is 0 Å². The lowest BCUT2D eigenvalue weighted by atomic mass is 9.86. The first-order valence-corrected chi connectivity index (χ1v) is 8.41. The first-order chi connectivity index (χ1) is 10.2. The quantitative estimate of drug-likeness (QED) is 0.840. The second kappa shape index (κ2) is 6.89. The van der Waals surface area contributed by atoms with Crippen molar-refractivity contribution in [1.29, 1.82) is 0 Å². The highest BCUT2D eigenvalue weighted by atomic mass is 19.1. The molecular formula is C18H27FN2. The minimum atomic E-state index is -0.144. The predicted octanol–water partition coefficient (Wildman–Crippen LogP) is 3.52. The van der Waals surface area contributed by atoms with Gasteiger partial charge in [-0.2, -0.15) is 0 Å². The molecule has 0 unspecified atom stereocenters. The van der Waals surface area contributed by atoms with Gasteiger partial charge in [0.1, 0.15) is 5.82 Å². The first-order valence-electron chi connectivity index (χ1n) is 8.41. The number of hydrogen-bond acceptors (Lipinski definition) is 2. The molecule has 1 aromatic rings. The Labute approximate surface area is 127 Å². The Kier molecular flexibility index (Phi) is 4.91. The summed E-state index contributed by atoms with van der Waals surface area (Å²) in [5.74, 6) is 0.760. The highest BCUT2D eigenvalue weighted by Crippen LogP contribution is 2.28. The van der Waals surface area contributed by atoms with Gasteiger partial charge in [-0.1, -0.05) is 31.9 Å². The van der Waals surface area contributed by atoms with Crippen LogP contribution in [-0.2, 0) is 6.54 Å². The number of rotatable bonds is 3. The van der Waals surface area contributed by atoms with Gasteiger partial charge in [-0.05, 0) is 36.5 Å². The Morgan fingerprint density at radius 2 is 1.76 bits per heavy atom. The molecule has 0 aromatic heterocycles. The smallest absolute Gasteiger partial charge is 0.123 e. The summed E-state index contributed by atoms with van der Waals surface area (Å²) in [6.07, 6.45) is 5.60. The molecule has 1 saturated heterocycles. The van der Waals surface area contributed by atoms with E-state index >= 15 is 0 Å². The van der Waals surface area contributed by atoms with Gasteiger partial charge in [0.2, 0.25) is 0 Å². The molecule has 2 nitrogen and oxygen atoms in total. The summed E-state index contributed by atoms with van der Waals surface area (Å²) in [5, 5.41) is 0. The van der Waals surface area contributed by atoms with Crippen molar-refractivity contribution in [2.75, 3.05) is 26.2 Å². The SMILES string of the molecule is C[C@@H]1CCC[C@H](N2CCN(Cc3ccc(F)cc3)CC2)C1. The fourth-order valence-corrected chi connectivity index (χ4v) is 3.87. The summed E-state index contributed by atoms with van der Waals surface area (Å²) in [4.78, 5) is 5.20. The zero-order valence-electron chi connectivity index (χ0n) is 13.1. The van der Waals surface area contributed by atoms with Gasteiger partial charge in [-0.25, -0.2) is 4.39 Å². The van der Waals surface area contributed by atoms with Crippen LogP contribution in [0.4, 0.5) is 4.39 Å². The van der Waals surface area contributed by atoms with E-state index in [1.165, 1.54) is 44.3 Å². The lowest BCUT2D eigenvalue weighted by molar-refractivity contribution is 0.0659. The molecular weight excluding hydrogens is 263 g/mol. The Hall–Kier alpha value is -0.930. The molecule has 1 aliphatic heterocycles. The molecule has 2 fully saturated rings. The van der Waals surface area contributed by atoms with E-state index in [9.17, 15) is 4.39 Å². The third-order valence-corrected chi connectivity index (χ3v) is 5.15. The molecule has 1 heterocycles. The van der Waals surface area contributed by atoms with Crippen molar-refractivity contribution in [3.63, 3.8) is 0 Å². The van der Waals surface area contributed by atoms with Gasteiger partial charge in [0.15, 0.2) is 0 Å². The Bertz CT molecular complexity index is 437. The van der Waals surface area contributed by atoms with Crippen molar-refractivity contribution >= 4 is 0 Å². The van der Waals surface area contributed by atoms with Gasteiger partial charge in [0.05, 0.1) is 0 Å². The normalized spacial score (nSPS) is 28.7. The second-order valence-corrected chi connectivity index (χ2v) is 6.86. The maximum atomic E-state index is 12.9. The zero-order chi connectivity index (χ0) is 14.7. The van der Waals surface area contributed by atoms with Gasteiger partial charge in [-0.15, -0.1) is 0 Å². The highest BCUT2D eigenvalue weighted by molar-refractivity contribution is 5.16. The fourth-order valence-electron chi connectivity index (χ4n) is 3.87. The van der Waals surface area contributed by atoms with Crippen LogP contribution in [0.25, 0.3) is 0 Å². The second-order valence-electron chi connectivity index (χ2n) is 6.86. The highest BCUT2D eigenvalue weighted by Gasteiger charge is 2.27. The molecule has 3 heteroatoms. The summed E-state index contributed by atoms with van der Waals surface area (Å²) in [6, 6.07) is 7.76. The number of nitrogens with zero attached hydrogens (tertiary/aromatic N) is 2. The van der Waals surface area contributed by atoms with Crippen molar-refractivity contribution in [3.05, 3.63) is 35.6 Å². The van der Waals surface area contributed by atoms with Gasteiger partial charge in [0, 0.05) is 38.8 Å². The van der Waals surface area contributed by atoms with Crippen molar-refractivity contribution in [3.8, 4) is 0 Å². The van der Waals surface area contributed by atoms with E-state index in [-0.39, 0.29) is 5.82 Å². The van der Waals surface area contributed by atoms with E-state index in [4.69, 9.17) is 0 Å². The molecule has 21 heavy (non-hydrogen) atoms. The zero-order valence-corrected chi connectivity index (χ0v) is 13.1. The Morgan fingerprint density at radius 3 is 2.43 bits per heavy atom. The molecule has 3 rings (SSSR count). The molecule has 1 aliphatic carbocycles. The van der Waals surface area contributed by atoms with E-state index in [2.05, 4.69) is 16.7 Å². The van der Waals surface area contributed by atoms with Gasteiger partial charge >= 0.3 is 0 Å². The maximum Gasteiger partial charge on any atom is 0.123 e. The number of hydrogen-bond donors (Lipinski definition) is 0. The van der Waals surface area contributed by atoms with Crippen LogP contribution in [0.15, 0.2) is 24.3 Å². The van der Waals surface area contributed by atoms with E-state index in [1.807, 2.05) is 12.1 Å². The third kappa shape index (κ3) is 4.04. The minimum Gasteiger partial charge on any atom is -0.298 e. The van der Waals surface area contributed by atoms with E-state index in [0.29, 0.717) is 0 Å². The number of halogens is 1. The predicted molar refractivity (Wildman–Crippen MR) is 84.7 cm³/mol. The number of benzene rings is 1. The molecule has 2 atom stereocenters. The van der Waals surface area contributed by atoms with Crippen LogP contribution in [0.3, 0.4) is 0 Å². The molecule has 0 radical (unpaired) electrons. The molecule has 2 aliphatic rings. The average molecular weight is 290 g/mol. The maximum absolute atomic E-state index is 12.9. The molecule has 0 amide bonds. The van der Waals surface area contributed by atoms with E-state index < -0.39 is 0 Å². The largest absolute Gasteiger partial charge is 0.298 e. The van der Waals surface area contributed by atoms with Gasteiger partial charge < -0.3 is 0 Å². The van der Waals surface area contributed by atoms with Crippen LogP contribution in [0.5, 0.6) is 0 Å². The van der Waals surface area contributed by atoms with Gasteiger partial charge in [-0.3, -0.25) is 9.80 Å². The molecule has 0 spiro atoms. The minimum absolute atomic E-state index is 0.144. The number of piperazine rings is 1. The van der Waals surface area contributed by atoms with E-state index in [1.54, 1.807) is 12.1 Å². The Balaban J connectivity index is 1.47. The van der Waals surface area contributed by atoms with Crippen LogP contribution in [-0.4, -0.2) is 42.0 Å². The van der Waals surface area contributed by atoms with Crippen LogP contribution in [0.1, 0.15) is 38.2 Å². The van der Waals surface area contributed by atoms with Crippen LogP contribution < -0.4 is 0 Å². The van der Waals surface area contributed by atoms with Crippen molar-refractivity contribution in [2.45, 2.75) is 45.2 Å². The van der Waals surface area contributed by atoms with Crippen LogP contribution in [0.2, 0.25) is 0 Å². The molecule has 1 saturated carbocycles. The van der Waals surface area contributed by atoms with Gasteiger partial charge in [0.25, 0.3) is 0 Å². The lowest BCUT2D eigenvalue weighted by Gasteiger charge is -2.42. The average Bonchev–Trinajstić information content (AvgIpc) is 2.50. The molecule has 0 bridgehead atoms. The fraction of sp³-hybridized carbons (Fsp3) is 0.667. The monoisotopic (exact) mass is 290 g/mol. The van der Waals surface area contributed by atoms with Crippen LogP contribution in [0, 0.1) is 11.7 Å². The molecule has 1 aromatic carbocycles. The summed E-state index contributed by atoms with van der Waals surface area (Å²) in [6.45, 7) is 8.02. The topological polar surface area (TPSA) is 6.48 Å². The van der Waals surface area contributed by atoms with Crippen molar-refractivity contribution in [2.24, 2.45) is 5.92 Å². The third-order valence-electron chi connectivity index (χ3n) is 5.15. The Morgan fingerprint density at radius 1 is 1.05 bits per heavy atom. The van der Waals surface area contributed by atoms with Crippen molar-refractivity contribution < 1.29 is 4.39 Å². The lowest BCUT2D eigenvalue weighted by Crippen LogP contribution is -2.50. The summed E-state index contributed by atoms with van der Waals surface area (Å²) in [7, 11) is 0. The summed E-state index contributed by atoms with van der Waals surface area (Å²) >= 11 is 0. The standard InChI is InChI=1S/C18H27FN2/c1-15-3-2-4-18(13-15)21-11-9-20(10-12-21)14-16-5-7-17(19)8-6-16/h5-8,15,18H,2-4,9-14H2,1H3/t15-,18+/m1/s1. The van der Waals surface area contributed by atoms with Crippen molar-refractivity contribution in [1.82, 2.24) is 9.80 Å². The molecule has 116 valence electrons. The molecule has 0 N–H and O–H groups in total. The first kappa shape index (κ1) is 15.0. The summed E-state index contributed by atoms with van der Waals surface area (Å²) < 4.78 is 12.9. The van der Waals surface area contributed by atoms with E-state index in [0.717, 1.165) is 31.6 Å².